The molecule has 1 aliphatic heterocycles. The second-order valence-electron chi connectivity index (χ2n) is 6.61. The molecule has 0 bridgehead atoms. The average molecular weight is 310 g/mol. The third-order valence-corrected chi connectivity index (χ3v) is 4.67. The van der Waals surface area contributed by atoms with Gasteiger partial charge in [0.1, 0.15) is 5.78 Å². The Hall–Kier alpha value is -0.900. The number of ketones is 1. The number of rotatable bonds is 11. The highest BCUT2D eigenvalue weighted by Gasteiger charge is 2.31. The minimum absolute atomic E-state index is 0.164. The van der Waals surface area contributed by atoms with E-state index in [-0.39, 0.29) is 17.6 Å². The number of nitrogens with one attached hydrogen (secondary N) is 1. The predicted molar refractivity (Wildman–Crippen MR) is 90.6 cm³/mol. The number of amides is 1. The van der Waals surface area contributed by atoms with Gasteiger partial charge in [-0.05, 0) is 19.3 Å². The van der Waals surface area contributed by atoms with Gasteiger partial charge in [-0.25, -0.2) is 0 Å². The highest BCUT2D eigenvalue weighted by Crippen LogP contribution is 2.18. The molecule has 1 saturated heterocycles. The summed E-state index contributed by atoms with van der Waals surface area (Å²) in [5.74, 6) is -0.244. The fourth-order valence-electron chi connectivity index (χ4n) is 3.17. The van der Waals surface area contributed by atoms with Gasteiger partial charge in [0.2, 0.25) is 5.91 Å². The van der Waals surface area contributed by atoms with Gasteiger partial charge in [-0.2, -0.15) is 0 Å². The quantitative estimate of drug-likeness (QED) is 0.575. The first-order valence-electron chi connectivity index (χ1n) is 9.22. The van der Waals surface area contributed by atoms with Crippen LogP contribution in [0.5, 0.6) is 0 Å². The summed E-state index contributed by atoms with van der Waals surface area (Å²) in [7, 11) is 0. The molecular weight excluding hydrogens is 276 g/mol. The first kappa shape index (κ1) is 19.1. The van der Waals surface area contributed by atoms with Crippen LogP contribution in [0.2, 0.25) is 0 Å². The number of unbranched alkanes of at least 4 members (excludes halogenated alkanes) is 8. The smallest absolute Gasteiger partial charge is 0.237 e. The normalized spacial score (nSPS) is 22.2. The molecule has 1 unspecified atom stereocenters. The van der Waals surface area contributed by atoms with E-state index in [0.717, 1.165) is 25.7 Å². The molecule has 0 aromatic carbocycles. The fraction of sp³-hybridized carbons (Fsp3) is 0.889. The minimum Gasteiger partial charge on any atom is -0.355 e. The highest BCUT2D eigenvalue weighted by molar-refractivity contribution is 5.91. The molecule has 1 heterocycles. The van der Waals surface area contributed by atoms with Crippen molar-refractivity contribution < 1.29 is 9.59 Å². The molecule has 0 radical (unpaired) electrons. The number of carbonyl (C=O) groups is 2. The second-order valence-corrected chi connectivity index (χ2v) is 6.61. The van der Waals surface area contributed by atoms with Gasteiger partial charge in [-0.1, -0.05) is 58.3 Å². The van der Waals surface area contributed by atoms with Gasteiger partial charge >= 0.3 is 0 Å². The summed E-state index contributed by atoms with van der Waals surface area (Å²) in [6.45, 7) is 2.88. The van der Waals surface area contributed by atoms with Gasteiger partial charge in [0.05, 0.1) is 6.04 Å². The molecule has 3 N–H and O–H groups in total. The van der Waals surface area contributed by atoms with Crippen molar-refractivity contribution in [1.82, 2.24) is 5.32 Å². The maximum atomic E-state index is 12.3. The van der Waals surface area contributed by atoms with Crippen LogP contribution in [-0.4, -0.2) is 24.3 Å². The third-order valence-electron chi connectivity index (χ3n) is 4.67. The Morgan fingerprint density at radius 3 is 2.32 bits per heavy atom. The molecule has 0 spiro atoms. The van der Waals surface area contributed by atoms with E-state index in [4.69, 9.17) is 5.73 Å². The monoisotopic (exact) mass is 310 g/mol. The maximum absolute atomic E-state index is 12.3. The first-order chi connectivity index (χ1) is 10.7. The summed E-state index contributed by atoms with van der Waals surface area (Å²) in [6, 6.07) is -0.645. The van der Waals surface area contributed by atoms with E-state index in [9.17, 15) is 9.59 Å². The lowest BCUT2D eigenvalue weighted by molar-refractivity contribution is -0.129. The summed E-state index contributed by atoms with van der Waals surface area (Å²) in [5.41, 5.74) is 5.90. The van der Waals surface area contributed by atoms with Crippen LogP contribution in [-0.2, 0) is 9.59 Å². The van der Waals surface area contributed by atoms with E-state index in [2.05, 4.69) is 12.2 Å². The molecule has 4 heteroatoms. The Labute approximate surface area is 135 Å². The number of carbonyl (C=O) groups excluding carboxylic acids is 2. The van der Waals surface area contributed by atoms with Gasteiger partial charge < -0.3 is 11.1 Å². The van der Waals surface area contributed by atoms with Crippen molar-refractivity contribution >= 4 is 11.7 Å². The molecule has 2 atom stereocenters. The summed E-state index contributed by atoms with van der Waals surface area (Å²) in [5, 5.41) is 2.77. The first-order valence-corrected chi connectivity index (χ1v) is 9.22. The van der Waals surface area contributed by atoms with Gasteiger partial charge in [0.15, 0.2) is 0 Å². The summed E-state index contributed by atoms with van der Waals surface area (Å²) in [6.07, 6.45) is 13.4. The molecule has 0 aromatic heterocycles. The Kier molecular flexibility index (Phi) is 10.1. The largest absolute Gasteiger partial charge is 0.355 e. The summed E-state index contributed by atoms with van der Waals surface area (Å²) >= 11 is 0. The lowest BCUT2D eigenvalue weighted by Crippen LogP contribution is -2.45. The van der Waals surface area contributed by atoms with Crippen LogP contribution in [0.3, 0.4) is 0 Å². The van der Waals surface area contributed by atoms with E-state index >= 15 is 0 Å². The highest BCUT2D eigenvalue weighted by atomic mass is 16.2. The Bertz CT molecular complexity index is 331. The van der Waals surface area contributed by atoms with Crippen LogP contribution in [0.1, 0.15) is 84.0 Å². The standard InChI is InChI=1S/C18H34N2O2/c1-2-3-4-5-6-7-8-9-10-13-16(21)15-12-11-14-20-18(22)17(15)19/h15,17H,2-14,19H2,1H3,(H,20,22)/t15?,17-/m0/s1. The zero-order chi connectivity index (χ0) is 16.2. The fourth-order valence-corrected chi connectivity index (χ4v) is 3.17. The van der Waals surface area contributed by atoms with E-state index in [1.54, 1.807) is 0 Å². The van der Waals surface area contributed by atoms with Crippen molar-refractivity contribution in [2.75, 3.05) is 6.54 Å². The minimum atomic E-state index is -0.645. The van der Waals surface area contributed by atoms with Crippen LogP contribution in [0.25, 0.3) is 0 Å². The Morgan fingerprint density at radius 2 is 1.68 bits per heavy atom. The van der Waals surface area contributed by atoms with Crippen molar-refractivity contribution in [1.29, 1.82) is 0 Å². The summed E-state index contributed by atoms with van der Waals surface area (Å²) in [4.78, 5) is 23.9. The van der Waals surface area contributed by atoms with E-state index in [0.29, 0.717) is 13.0 Å². The predicted octanol–water partition coefficient (Wildman–Crippen LogP) is 3.33. The summed E-state index contributed by atoms with van der Waals surface area (Å²) < 4.78 is 0. The zero-order valence-electron chi connectivity index (χ0n) is 14.2. The lowest BCUT2D eigenvalue weighted by Gasteiger charge is -2.18. The molecule has 128 valence electrons. The van der Waals surface area contributed by atoms with Crippen molar-refractivity contribution in [2.24, 2.45) is 11.7 Å². The molecule has 1 amide bonds. The Morgan fingerprint density at radius 1 is 1.09 bits per heavy atom. The van der Waals surface area contributed by atoms with E-state index in [1.807, 2.05) is 0 Å². The zero-order valence-corrected chi connectivity index (χ0v) is 14.2. The van der Waals surface area contributed by atoms with Crippen LogP contribution in [0.4, 0.5) is 0 Å². The van der Waals surface area contributed by atoms with Crippen LogP contribution >= 0.6 is 0 Å². The maximum Gasteiger partial charge on any atom is 0.237 e. The molecule has 0 aliphatic carbocycles. The molecule has 0 aromatic rings. The third kappa shape index (κ3) is 7.39. The average Bonchev–Trinajstić information content (AvgIpc) is 2.68. The molecule has 4 nitrogen and oxygen atoms in total. The number of hydrogen-bond donors (Lipinski definition) is 2. The van der Waals surface area contributed by atoms with E-state index in [1.165, 1.54) is 44.9 Å². The van der Waals surface area contributed by atoms with Crippen LogP contribution in [0, 0.1) is 5.92 Å². The van der Waals surface area contributed by atoms with Crippen molar-refractivity contribution in [2.45, 2.75) is 90.0 Å². The molecule has 22 heavy (non-hydrogen) atoms. The van der Waals surface area contributed by atoms with Gasteiger partial charge in [-0.15, -0.1) is 0 Å². The second kappa shape index (κ2) is 11.6. The molecule has 1 aliphatic rings. The number of nitrogens with two attached hydrogens (primary N) is 1. The molecule has 1 fully saturated rings. The Balaban J connectivity index is 2.08. The van der Waals surface area contributed by atoms with Crippen LogP contribution in [0.15, 0.2) is 0 Å². The lowest BCUT2D eigenvalue weighted by atomic mass is 9.89. The molecule has 1 rings (SSSR count). The molecule has 0 saturated carbocycles. The van der Waals surface area contributed by atoms with Gasteiger partial charge in [-0.3, -0.25) is 9.59 Å². The van der Waals surface area contributed by atoms with Crippen molar-refractivity contribution in [3.05, 3.63) is 0 Å². The molecular formula is C18H34N2O2. The number of hydrogen-bond acceptors (Lipinski definition) is 3. The van der Waals surface area contributed by atoms with Gasteiger partial charge in [0.25, 0.3) is 0 Å². The van der Waals surface area contributed by atoms with Crippen molar-refractivity contribution in [3.8, 4) is 0 Å². The van der Waals surface area contributed by atoms with E-state index < -0.39 is 6.04 Å². The SMILES string of the molecule is CCCCCCCCCCCC(=O)C1CCCNC(=O)[C@H]1N. The van der Waals surface area contributed by atoms with Crippen molar-refractivity contribution in [3.63, 3.8) is 0 Å². The number of Topliss-reactive ketones (excluding diaryl/α,β-unsaturated/α-hetero) is 1. The topological polar surface area (TPSA) is 72.2 Å². The van der Waals surface area contributed by atoms with Crippen LogP contribution < -0.4 is 11.1 Å². The van der Waals surface area contributed by atoms with Gasteiger partial charge in [0, 0.05) is 18.9 Å².